The van der Waals surface area contributed by atoms with Crippen LogP contribution in [0.3, 0.4) is 0 Å². The van der Waals surface area contributed by atoms with Gasteiger partial charge in [-0.25, -0.2) is 0 Å². The molecule has 0 saturated carbocycles. The van der Waals surface area contributed by atoms with Crippen LogP contribution in [0.4, 0.5) is 13.2 Å². The first-order chi connectivity index (χ1) is 10.7. The summed E-state index contributed by atoms with van der Waals surface area (Å²) in [5, 5.41) is 2.36. The number of fused-ring (bicyclic) bond motifs is 3. The Hall–Kier alpha value is -1.99. The zero-order chi connectivity index (χ0) is 16.8. The molecule has 8 heteroatoms. The van der Waals surface area contributed by atoms with Gasteiger partial charge in [-0.2, -0.15) is 21.6 Å². The summed E-state index contributed by atoms with van der Waals surface area (Å²) in [5.41, 5.74) is -5.50. The fraction of sp³-hybridized carbons (Fsp3) is 0.0667. The molecule has 0 fully saturated rings. The third-order valence-corrected chi connectivity index (χ3v) is 4.47. The Morgan fingerprint density at radius 1 is 0.913 bits per heavy atom. The Morgan fingerprint density at radius 3 is 2.30 bits per heavy atom. The number of hydrogen-bond donors (Lipinski definition) is 0. The highest BCUT2D eigenvalue weighted by molar-refractivity contribution is 7.88. The van der Waals surface area contributed by atoms with Gasteiger partial charge in [0.25, 0.3) is 0 Å². The van der Waals surface area contributed by atoms with Crippen molar-refractivity contribution in [3.05, 3.63) is 53.6 Å². The zero-order valence-electron chi connectivity index (χ0n) is 11.3. The molecule has 0 bridgehead atoms. The van der Waals surface area contributed by atoms with Gasteiger partial charge < -0.3 is 4.18 Å². The molecule has 0 aliphatic carbocycles. The van der Waals surface area contributed by atoms with E-state index >= 15 is 0 Å². The van der Waals surface area contributed by atoms with Crippen molar-refractivity contribution in [1.82, 2.24) is 0 Å². The summed E-state index contributed by atoms with van der Waals surface area (Å²) < 4.78 is 64.6. The monoisotopic (exact) mass is 360 g/mol. The number of benzene rings is 3. The van der Waals surface area contributed by atoms with Gasteiger partial charge in [-0.05, 0) is 40.4 Å². The van der Waals surface area contributed by atoms with Crippen LogP contribution in [0.5, 0.6) is 5.75 Å². The van der Waals surface area contributed by atoms with Crippen LogP contribution in [0.15, 0.2) is 48.5 Å². The Labute approximate surface area is 134 Å². The second kappa shape index (κ2) is 5.28. The van der Waals surface area contributed by atoms with Gasteiger partial charge in [-0.3, -0.25) is 0 Å². The van der Waals surface area contributed by atoms with Crippen molar-refractivity contribution in [2.45, 2.75) is 5.51 Å². The van der Waals surface area contributed by atoms with Crippen molar-refractivity contribution in [2.75, 3.05) is 0 Å². The molecular weight excluding hydrogens is 353 g/mol. The largest absolute Gasteiger partial charge is 0.534 e. The van der Waals surface area contributed by atoms with Crippen molar-refractivity contribution < 1.29 is 25.8 Å². The van der Waals surface area contributed by atoms with Gasteiger partial charge in [-0.1, -0.05) is 35.9 Å². The van der Waals surface area contributed by atoms with Crippen LogP contribution in [0.25, 0.3) is 21.5 Å². The average Bonchev–Trinajstić information content (AvgIpc) is 2.45. The van der Waals surface area contributed by atoms with E-state index in [1.165, 1.54) is 18.2 Å². The molecule has 0 spiro atoms. The van der Waals surface area contributed by atoms with Gasteiger partial charge in [0, 0.05) is 10.4 Å². The highest BCUT2D eigenvalue weighted by atomic mass is 35.5. The average molecular weight is 361 g/mol. The van der Waals surface area contributed by atoms with E-state index in [9.17, 15) is 21.6 Å². The lowest BCUT2D eigenvalue weighted by atomic mass is 10.0. The lowest BCUT2D eigenvalue weighted by Gasteiger charge is -2.13. The lowest BCUT2D eigenvalue weighted by Crippen LogP contribution is -2.28. The standard InChI is InChI=1S/C15H8ClF3O3S/c16-10-5-6-12-13(8-10)11-4-2-1-3-9(11)7-14(12)22-23(20,21)15(17,18)19/h1-8H. The van der Waals surface area contributed by atoms with Gasteiger partial charge in [0.15, 0.2) is 5.75 Å². The smallest absolute Gasteiger partial charge is 0.375 e. The van der Waals surface area contributed by atoms with Crippen molar-refractivity contribution >= 4 is 43.3 Å². The minimum Gasteiger partial charge on any atom is -0.375 e. The van der Waals surface area contributed by atoms with Crippen molar-refractivity contribution in [2.24, 2.45) is 0 Å². The van der Waals surface area contributed by atoms with E-state index in [1.807, 2.05) is 0 Å². The fourth-order valence-electron chi connectivity index (χ4n) is 2.28. The molecule has 0 aliphatic rings. The van der Waals surface area contributed by atoms with Crippen LogP contribution in [0.1, 0.15) is 0 Å². The number of rotatable bonds is 2. The molecule has 0 aliphatic heterocycles. The third kappa shape index (κ3) is 2.82. The quantitative estimate of drug-likeness (QED) is 0.372. The molecule has 120 valence electrons. The first kappa shape index (κ1) is 15.9. The van der Waals surface area contributed by atoms with E-state index < -0.39 is 21.4 Å². The summed E-state index contributed by atoms with van der Waals surface area (Å²) in [6.07, 6.45) is 0. The van der Waals surface area contributed by atoms with Gasteiger partial charge in [0.2, 0.25) is 0 Å². The maximum absolute atomic E-state index is 12.6. The van der Waals surface area contributed by atoms with Crippen molar-refractivity contribution in [3.8, 4) is 5.75 Å². The van der Waals surface area contributed by atoms with Crippen LogP contribution in [-0.2, 0) is 10.1 Å². The SMILES string of the molecule is O=S(=O)(Oc1cc2ccccc2c2cc(Cl)ccc12)C(F)(F)F. The summed E-state index contributed by atoms with van der Waals surface area (Å²) in [4.78, 5) is 0. The van der Waals surface area contributed by atoms with Crippen LogP contribution in [-0.4, -0.2) is 13.9 Å². The van der Waals surface area contributed by atoms with Crippen molar-refractivity contribution in [3.63, 3.8) is 0 Å². The molecule has 3 aromatic carbocycles. The molecule has 0 atom stereocenters. The molecule has 0 unspecified atom stereocenters. The number of alkyl halides is 3. The highest BCUT2D eigenvalue weighted by Crippen LogP contribution is 2.37. The summed E-state index contributed by atoms with van der Waals surface area (Å²) in [6, 6.07) is 12.5. The molecule has 0 saturated heterocycles. The van der Waals surface area contributed by atoms with Crippen LogP contribution in [0.2, 0.25) is 5.02 Å². The first-order valence-corrected chi connectivity index (χ1v) is 8.09. The molecule has 3 nitrogen and oxygen atoms in total. The summed E-state index contributed by atoms with van der Waals surface area (Å²) in [7, 11) is -5.75. The lowest BCUT2D eigenvalue weighted by molar-refractivity contribution is -0.0499. The Bertz CT molecular complexity index is 1010. The van der Waals surface area contributed by atoms with Crippen LogP contribution >= 0.6 is 11.6 Å². The van der Waals surface area contributed by atoms with E-state index in [0.717, 1.165) is 5.39 Å². The summed E-state index contributed by atoms with van der Waals surface area (Å²) in [6.45, 7) is 0. The Balaban J connectivity index is 2.32. The molecule has 0 N–H and O–H groups in total. The van der Waals surface area contributed by atoms with E-state index in [0.29, 0.717) is 15.8 Å². The fourth-order valence-corrected chi connectivity index (χ4v) is 2.92. The predicted octanol–water partition coefficient (Wildman–Crippen LogP) is 4.87. The Morgan fingerprint density at radius 2 is 1.61 bits per heavy atom. The third-order valence-electron chi connectivity index (χ3n) is 3.27. The molecule has 23 heavy (non-hydrogen) atoms. The van der Waals surface area contributed by atoms with Gasteiger partial charge in [0.05, 0.1) is 0 Å². The normalized spacial score (nSPS) is 12.7. The Kier molecular flexibility index (Phi) is 3.65. The molecule has 0 radical (unpaired) electrons. The second-order valence-corrected chi connectivity index (χ2v) is 6.74. The van der Waals surface area contributed by atoms with E-state index in [1.54, 1.807) is 30.3 Å². The van der Waals surface area contributed by atoms with E-state index in [2.05, 4.69) is 4.18 Å². The first-order valence-electron chi connectivity index (χ1n) is 6.31. The molecular formula is C15H8ClF3O3S. The minimum absolute atomic E-state index is 0.223. The summed E-state index contributed by atoms with van der Waals surface area (Å²) >= 11 is 5.94. The summed E-state index contributed by atoms with van der Waals surface area (Å²) in [5.74, 6) is -0.396. The van der Waals surface area contributed by atoms with Gasteiger partial charge in [0.1, 0.15) is 0 Å². The zero-order valence-corrected chi connectivity index (χ0v) is 12.8. The maximum atomic E-state index is 12.6. The molecule has 0 aromatic heterocycles. The van der Waals surface area contributed by atoms with Gasteiger partial charge >= 0.3 is 15.6 Å². The van der Waals surface area contributed by atoms with Crippen LogP contribution < -0.4 is 4.18 Å². The number of halogens is 4. The molecule has 3 rings (SSSR count). The molecule has 0 amide bonds. The topological polar surface area (TPSA) is 43.4 Å². The van der Waals surface area contributed by atoms with E-state index in [4.69, 9.17) is 11.6 Å². The second-order valence-electron chi connectivity index (χ2n) is 4.77. The number of hydrogen-bond acceptors (Lipinski definition) is 3. The van der Waals surface area contributed by atoms with Gasteiger partial charge in [-0.15, -0.1) is 0 Å². The van der Waals surface area contributed by atoms with Crippen molar-refractivity contribution in [1.29, 1.82) is 0 Å². The molecule has 0 heterocycles. The minimum atomic E-state index is -5.75. The van der Waals surface area contributed by atoms with E-state index in [-0.39, 0.29) is 5.39 Å². The predicted molar refractivity (Wildman–Crippen MR) is 82.1 cm³/mol. The van der Waals surface area contributed by atoms with Crippen LogP contribution in [0, 0.1) is 0 Å². The molecule has 3 aromatic rings. The maximum Gasteiger partial charge on any atom is 0.534 e. The highest BCUT2D eigenvalue weighted by Gasteiger charge is 2.48.